The van der Waals surface area contributed by atoms with Gasteiger partial charge in [-0.15, -0.1) is 11.3 Å². The number of nitrogens with one attached hydrogen (secondary N) is 2. The molecule has 0 fully saturated rings. The first-order valence-electron chi connectivity index (χ1n) is 4.94. The van der Waals surface area contributed by atoms with E-state index >= 15 is 0 Å². The summed E-state index contributed by atoms with van der Waals surface area (Å²) in [5.41, 5.74) is 0.369. The molecule has 0 spiro atoms. The number of H-pyrrole nitrogens is 1. The molecule has 2 heterocycles. The van der Waals surface area contributed by atoms with Crippen LogP contribution < -0.4 is 5.32 Å². The molecule has 0 aromatic carbocycles. The van der Waals surface area contributed by atoms with Crippen molar-refractivity contribution in [1.82, 2.24) is 10.3 Å². The number of rotatable bonds is 3. The second kappa shape index (κ2) is 5.12. The molecule has 2 aromatic heterocycles. The summed E-state index contributed by atoms with van der Waals surface area (Å²) in [6.45, 7) is 2.53. The van der Waals surface area contributed by atoms with Crippen LogP contribution in [0, 0.1) is 6.92 Å². The summed E-state index contributed by atoms with van der Waals surface area (Å²) < 4.78 is 0. The maximum atomic E-state index is 11.7. The van der Waals surface area contributed by atoms with Gasteiger partial charge in [-0.3, -0.25) is 4.79 Å². The highest BCUT2D eigenvalue weighted by Crippen LogP contribution is 2.22. The van der Waals surface area contributed by atoms with Crippen molar-refractivity contribution < 1.29 is 4.79 Å². The van der Waals surface area contributed by atoms with Gasteiger partial charge in [-0.05, 0) is 25.1 Å². The predicted octanol–water partition coefficient (Wildman–Crippen LogP) is 3.62. The first-order chi connectivity index (χ1) is 8.06. The van der Waals surface area contributed by atoms with Crippen LogP contribution in [-0.4, -0.2) is 10.9 Å². The Morgan fingerprint density at radius 2 is 2.24 bits per heavy atom. The van der Waals surface area contributed by atoms with E-state index in [4.69, 9.17) is 23.2 Å². The third kappa shape index (κ3) is 3.03. The van der Waals surface area contributed by atoms with Gasteiger partial charge in [0, 0.05) is 9.75 Å². The number of carbonyl (C=O) groups is 1. The Morgan fingerprint density at radius 3 is 2.76 bits per heavy atom. The fraction of sp³-hybridized carbons (Fsp3) is 0.182. The summed E-state index contributed by atoms with van der Waals surface area (Å²) in [5.74, 6) is -0.218. The van der Waals surface area contributed by atoms with E-state index in [0.29, 0.717) is 17.3 Å². The van der Waals surface area contributed by atoms with Crippen molar-refractivity contribution in [2.75, 3.05) is 0 Å². The van der Waals surface area contributed by atoms with E-state index in [1.54, 1.807) is 11.3 Å². The fourth-order valence-electron chi connectivity index (χ4n) is 1.37. The predicted molar refractivity (Wildman–Crippen MR) is 71.0 cm³/mol. The molecule has 2 rings (SSSR count). The Kier molecular flexibility index (Phi) is 3.76. The zero-order chi connectivity index (χ0) is 12.4. The first kappa shape index (κ1) is 12.5. The van der Waals surface area contributed by atoms with Crippen LogP contribution in [0.4, 0.5) is 0 Å². The number of carbonyl (C=O) groups excluding carboxylic acids is 1. The van der Waals surface area contributed by atoms with E-state index in [1.165, 1.54) is 10.9 Å². The number of hydrogen-bond acceptors (Lipinski definition) is 2. The quantitative estimate of drug-likeness (QED) is 0.890. The minimum Gasteiger partial charge on any atom is -0.346 e. The third-order valence-corrected chi connectivity index (χ3v) is 3.88. The summed E-state index contributed by atoms with van der Waals surface area (Å²) in [6, 6.07) is 5.53. The highest BCUT2D eigenvalue weighted by Gasteiger charge is 2.11. The second-order valence-corrected chi connectivity index (χ2v) is 5.70. The van der Waals surface area contributed by atoms with Crippen molar-refractivity contribution in [3.8, 4) is 0 Å². The summed E-state index contributed by atoms with van der Waals surface area (Å²) >= 11 is 13.1. The highest BCUT2D eigenvalue weighted by molar-refractivity contribution is 7.11. The zero-order valence-electron chi connectivity index (χ0n) is 9.01. The van der Waals surface area contributed by atoms with Gasteiger partial charge >= 0.3 is 0 Å². The average Bonchev–Trinajstić information content (AvgIpc) is 2.83. The normalized spacial score (nSPS) is 10.5. The van der Waals surface area contributed by atoms with E-state index < -0.39 is 0 Å². The van der Waals surface area contributed by atoms with E-state index in [9.17, 15) is 4.79 Å². The van der Waals surface area contributed by atoms with Crippen molar-refractivity contribution in [2.45, 2.75) is 13.5 Å². The second-order valence-electron chi connectivity index (χ2n) is 3.54. The minimum atomic E-state index is -0.218. The Labute approximate surface area is 113 Å². The van der Waals surface area contributed by atoms with Crippen molar-refractivity contribution >= 4 is 40.4 Å². The SMILES string of the molecule is Cc1ccc(CNC(=O)c2cc(Cl)c(Cl)[nH]2)s1. The number of thiophene rings is 1. The molecule has 3 nitrogen and oxygen atoms in total. The van der Waals surface area contributed by atoms with E-state index in [-0.39, 0.29) is 11.1 Å². The van der Waals surface area contributed by atoms with Gasteiger partial charge in [-0.2, -0.15) is 0 Å². The number of amides is 1. The Morgan fingerprint density at radius 1 is 1.47 bits per heavy atom. The molecule has 0 radical (unpaired) electrons. The third-order valence-electron chi connectivity index (χ3n) is 2.19. The van der Waals surface area contributed by atoms with Crippen molar-refractivity contribution in [3.63, 3.8) is 0 Å². The lowest BCUT2D eigenvalue weighted by Gasteiger charge is -2.00. The van der Waals surface area contributed by atoms with Crippen LogP contribution in [0.25, 0.3) is 0 Å². The Hall–Kier alpha value is -0.970. The van der Waals surface area contributed by atoms with Crippen LogP contribution in [-0.2, 0) is 6.54 Å². The first-order valence-corrected chi connectivity index (χ1v) is 6.51. The van der Waals surface area contributed by atoms with E-state index in [1.807, 2.05) is 19.1 Å². The molecular formula is C11H10Cl2N2OS. The molecule has 90 valence electrons. The Bertz CT molecular complexity index is 528. The molecule has 0 aliphatic carbocycles. The average molecular weight is 289 g/mol. The van der Waals surface area contributed by atoms with Gasteiger partial charge in [0.2, 0.25) is 0 Å². The molecule has 2 aromatic rings. The molecule has 0 bridgehead atoms. The highest BCUT2D eigenvalue weighted by atomic mass is 35.5. The molecule has 6 heteroatoms. The van der Waals surface area contributed by atoms with Crippen molar-refractivity contribution in [2.24, 2.45) is 0 Å². The number of aryl methyl sites for hydroxylation is 1. The van der Waals surface area contributed by atoms with E-state index in [0.717, 1.165) is 4.88 Å². The number of hydrogen-bond donors (Lipinski definition) is 2. The standard InChI is InChI=1S/C11H10Cl2N2OS/c1-6-2-3-7(17-6)5-14-11(16)9-4-8(12)10(13)15-9/h2-4,15H,5H2,1H3,(H,14,16). The van der Waals surface area contributed by atoms with Gasteiger partial charge < -0.3 is 10.3 Å². The van der Waals surface area contributed by atoms with Gasteiger partial charge in [-0.25, -0.2) is 0 Å². The maximum absolute atomic E-state index is 11.7. The van der Waals surface area contributed by atoms with Crippen LogP contribution in [0.2, 0.25) is 10.2 Å². The lowest BCUT2D eigenvalue weighted by Crippen LogP contribution is -2.22. The number of aromatic amines is 1. The van der Waals surface area contributed by atoms with Gasteiger partial charge in [-0.1, -0.05) is 23.2 Å². The van der Waals surface area contributed by atoms with Gasteiger partial charge in [0.15, 0.2) is 0 Å². The summed E-state index contributed by atoms with van der Waals surface area (Å²) in [5, 5.41) is 3.42. The molecule has 0 saturated carbocycles. The lowest BCUT2D eigenvalue weighted by atomic mass is 10.4. The van der Waals surface area contributed by atoms with Gasteiger partial charge in [0.25, 0.3) is 5.91 Å². The molecule has 2 N–H and O–H groups in total. The van der Waals surface area contributed by atoms with Crippen molar-refractivity contribution in [1.29, 1.82) is 0 Å². The Balaban J connectivity index is 1.98. The summed E-state index contributed by atoms with van der Waals surface area (Å²) in [7, 11) is 0. The van der Waals surface area contributed by atoms with Crippen LogP contribution in [0.15, 0.2) is 18.2 Å². The van der Waals surface area contributed by atoms with Gasteiger partial charge in [0.1, 0.15) is 10.8 Å². The molecule has 0 aliphatic heterocycles. The number of aromatic nitrogens is 1. The van der Waals surface area contributed by atoms with Crippen LogP contribution in [0.3, 0.4) is 0 Å². The molecule has 0 saturated heterocycles. The fourth-order valence-corrected chi connectivity index (χ4v) is 2.51. The molecule has 1 amide bonds. The molecular weight excluding hydrogens is 279 g/mol. The summed E-state index contributed by atoms with van der Waals surface area (Å²) in [6.07, 6.45) is 0. The van der Waals surface area contributed by atoms with Gasteiger partial charge in [0.05, 0.1) is 11.6 Å². The number of halogens is 2. The zero-order valence-corrected chi connectivity index (χ0v) is 11.3. The maximum Gasteiger partial charge on any atom is 0.268 e. The van der Waals surface area contributed by atoms with Crippen LogP contribution >= 0.6 is 34.5 Å². The topological polar surface area (TPSA) is 44.9 Å². The van der Waals surface area contributed by atoms with E-state index in [2.05, 4.69) is 10.3 Å². The summed E-state index contributed by atoms with van der Waals surface area (Å²) in [4.78, 5) is 16.8. The minimum absolute atomic E-state index is 0.218. The van der Waals surface area contributed by atoms with Crippen molar-refractivity contribution in [3.05, 3.63) is 43.8 Å². The molecule has 0 aliphatic rings. The van der Waals surface area contributed by atoms with Crippen LogP contribution in [0.1, 0.15) is 20.2 Å². The molecule has 0 unspecified atom stereocenters. The molecule has 0 atom stereocenters. The monoisotopic (exact) mass is 288 g/mol. The van der Waals surface area contributed by atoms with Crippen LogP contribution in [0.5, 0.6) is 0 Å². The smallest absolute Gasteiger partial charge is 0.268 e. The lowest BCUT2D eigenvalue weighted by molar-refractivity contribution is 0.0947. The largest absolute Gasteiger partial charge is 0.346 e. The molecule has 17 heavy (non-hydrogen) atoms.